The molecule has 0 aliphatic carbocycles. The van der Waals surface area contributed by atoms with E-state index in [2.05, 4.69) is 96.2 Å². The molecule has 1 aliphatic heterocycles. The Kier molecular flexibility index (Phi) is 10.6. The van der Waals surface area contributed by atoms with Crippen molar-refractivity contribution in [3.63, 3.8) is 0 Å². The number of benzene rings is 2. The lowest BCUT2D eigenvalue weighted by Crippen LogP contribution is -2.67. The van der Waals surface area contributed by atoms with Gasteiger partial charge in [-0.15, -0.1) is 0 Å². The summed E-state index contributed by atoms with van der Waals surface area (Å²) >= 11 is 0. The Hall–Kier alpha value is -2.94. The predicted octanol–water partition coefficient (Wildman–Crippen LogP) is 4.95. The van der Waals surface area contributed by atoms with Gasteiger partial charge in [0.05, 0.1) is 25.4 Å². The van der Waals surface area contributed by atoms with Crippen molar-refractivity contribution < 1.29 is 13.9 Å². The summed E-state index contributed by atoms with van der Waals surface area (Å²) in [6, 6.07) is 21.2. The van der Waals surface area contributed by atoms with Crippen LogP contribution >= 0.6 is 21.6 Å². The predicted molar refractivity (Wildman–Crippen MR) is 188 cm³/mol. The van der Waals surface area contributed by atoms with Crippen LogP contribution in [0.2, 0.25) is 5.04 Å². The fourth-order valence-corrected chi connectivity index (χ4v) is 11.9. The third-order valence-corrected chi connectivity index (χ3v) is 14.8. The van der Waals surface area contributed by atoms with E-state index in [1.165, 1.54) is 10.4 Å². The first-order valence-electron chi connectivity index (χ1n) is 15.0. The minimum absolute atomic E-state index is 0.0600. The van der Waals surface area contributed by atoms with Crippen molar-refractivity contribution in [3.8, 4) is 0 Å². The number of imidazole rings is 1. The zero-order valence-corrected chi connectivity index (χ0v) is 29.5. The lowest BCUT2D eigenvalue weighted by molar-refractivity contribution is -0.0599. The highest BCUT2D eigenvalue weighted by Crippen LogP contribution is 2.40. The molecule has 2 aromatic heterocycles. The zero-order chi connectivity index (χ0) is 32.2. The van der Waals surface area contributed by atoms with Crippen LogP contribution in [0.25, 0.3) is 11.2 Å². The third kappa shape index (κ3) is 7.23. The number of fused-ring (bicyclic) bond motifs is 1. The number of hydrogen-bond donors (Lipinski definition) is 1. The summed E-state index contributed by atoms with van der Waals surface area (Å²) in [6.45, 7) is 9.18. The quantitative estimate of drug-likeness (QED) is 0.0740. The van der Waals surface area contributed by atoms with E-state index in [1.54, 1.807) is 39.2 Å². The van der Waals surface area contributed by atoms with Crippen molar-refractivity contribution >= 4 is 63.7 Å². The molecule has 13 heteroatoms. The van der Waals surface area contributed by atoms with Crippen molar-refractivity contribution in [2.24, 2.45) is 4.99 Å². The summed E-state index contributed by atoms with van der Waals surface area (Å²) in [4.78, 5) is 30.6. The molecular formula is C32H42N6O4S2Si. The third-order valence-electron chi connectivity index (χ3n) is 7.80. The molecule has 4 aromatic rings. The van der Waals surface area contributed by atoms with E-state index in [0.29, 0.717) is 18.7 Å². The standard InChI is InChI=1S/C32H42N6O4S2Si/c1-22(44-43-7)41-25-18-27(38-21-33-28-29(38)35-31(36-30(28)39)34-20-37(5)6)42-26(25)19-40-45(32(2,3)4,23-14-10-8-11-15-23)24-16-12-9-13-17-24/h8-17,20-22,25-27H,18-19H2,1-7H3,(H,35,36,39)/b34-20-/t22-,25?,26-,27-/m1/s1. The summed E-state index contributed by atoms with van der Waals surface area (Å²) < 4.78 is 22.4. The van der Waals surface area contributed by atoms with Crippen molar-refractivity contribution in [2.75, 3.05) is 27.0 Å². The first-order chi connectivity index (χ1) is 21.5. The smallest absolute Gasteiger partial charge is 0.280 e. The van der Waals surface area contributed by atoms with E-state index in [9.17, 15) is 4.79 Å². The lowest BCUT2D eigenvalue weighted by Gasteiger charge is -2.43. The molecule has 1 saturated heterocycles. The Morgan fingerprint density at radius 3 is 2.38 bits per heavy atom. The van der Waals surface area contributed by atoms with Crippen LogP contribution in [0, 0.1) is 0 Å². The van der Waals surface area contributed by atoms with Gasteiger partial charge in [-0.25, -0.2) is 9.98 Å². The molecule has 10 nitrogen and oxygen atoms in total. The van der Waals surface area contributed by atoms with Crippen molar-refractivity contribution in [3.05, 3.63) is 77.3 Å². The number of ether oxygens (including phenoxy) is 2. The van der Waals surface area contributed by atoms with E-state index in [-0.39, 0.29) is 39.7 Å². The number of aliphatic imine (C=N–C) groups is 1. The summed E-state index contributed by atoms with van der Waals surface area (Å²) in [5.41, 5.74) is 0.230. The molecule has 0 amide bonds. The Morgan fingerprint density at radius 2 is 1.80 bits per heavy atom. The largest absolute Gasteiger partial charge is 0.405 e. The van der Waals surface area contributed by atoms with E-state index >= 15 is 0 Å². The van der Waals surface area contributed by atoms with E-state index in [4.69, 9.17) is 13.9 Å². The minimum atomic E-state index is -2.81. The zero-order valence-electron chi connectivity index (χ0n) is 26.8. The highest BCUT2D eigenvalue weighted by Gasteiger charge is 2.51. The van der Waals surface area contributed by atoms with Crippen LogP contribution in [-0.2, 0) is 13.9 Å². The van der Waals surface area contributed by atoms with Gasteiger partial charge in [0.1, 0.15) is 17.8 Å². The number of rotatable bonds is 12. The maximum Gasteiger partial charge on any atom is 0.280 e. The van der Waals surface area contributed by atoms with Crippen LogP contribution in [0.5, 0.6) is 0 Å². The van der Waals surface area contributed by atoms with Gasteiger partial charge in [0.15, 0.2) is 11.2 Å². The summed E-state index contributed by atoms with van der Waals surface area (Å²) in [5.74, 6) is 0.199. The van der Waals surface area contributed by atoms with Gasteiger partial charge in [-0.3, -0.25) is 14.3 Å². The Labute approximate surface area is 273 Å². The van der Waals surface area contributed by atoms with Gasteiger partial charge < -0.3 is 18.8 Å². The van der Waals surface area contributed by atoms with Crippen molar-refractivity contribution in [1.82, 2.24) is 24.4 Å². The average Bonchev–Trinajstić information content (AvgIpc) is 3.61. The second-order valence-electron chi connectivity index (χ2n) is 12.3. The van der Waals surface area contributed by atoms with Gasteiger partial charge in [-0.2, -0.15) is 4.98 Å². The van der Waals surface area contributed by atoms with Crippen LogP contribution in [0.1, 0.15) is 40.3 Å². The molecule has 2 aromatic carbocycles. The highest BCUT2D eigenvalue weighted by molar-refractivity contribution is 8.76. The van der Waals surface area contributed by atoms with Crippen LogP contribution < -0.4 is 15.9 Å². The number of nitrogens with zero attached hydrogens (tertiary/aromatic N) is 5. The monoisotopic (exact) mass is 666 g/mol. The van der Waals surface area contributed by atoms with Gasteiger partial charge in [0.25, 0.3) is 13.9 Å². The number of H-pyrrole nitrogens is 1. The molecule has 5 rings (SSSR count). The molecule has 0 spiro atoms. The van der Waals surface area contributed by atoms with Gasteiger partial charge in [0.2, 0.25) is 5.95 Å². The van der Waals surface area contributed by atoms with Crippen molar-refractivity contribution in [2.45, 2.75) is 63.0 Å². The fourth-order valence-electron chi connectivity index (χ4n) is 5.89. The first-order valence-corrected chi connectivity index (χ1v) is 19.5. The molecule has 0 radical (unpaired) electrons. The normalized spacial score (nSPS) is 19.8. The molecule has 4 atom stereocenters. The number of hydrogen-bond acceptors (Lipinski definition) is 9. The molecule has 45 heavy (non-hydrogen) atoms. The first kappa shape index (κ1) is 33.4. The molecule has 240 valence electrons. The summed E-state index contributed by atoms with van der Waals surface area (Å²) in [6.07, 6.45) is 4.70. The molecule has 1 fully saturated rings. The molecule has 3 heterocycles. The Bertz CT molecular complexity index is 1600. The van der Waals surface area contributed by atoms with Crippen LogP contribution in [0.3, 0.4) is 0 Å². The van der Waals surface area contributed by atoms with Gasteiger partial charge in [0, 0.05) is 20.5 Å². The molecule has 1 aliphatic rings. The topological polar surface area (TPSA) is 107 Å². The average molecular weight is 667 g/mol. The van der Waals surface area contributed by atoms with Gasteiger partial charge in [-0.05, 0) is 28.6 Å². The molecule has 1 N–H and O–H groups in total. The Morgan fingerprint density at radius 1 is 1.16 bits per heavy atom. The van der Waals surface area contributed by atoms with Crippen molar-refractivity contribution in [1.29, 1.82) is 0 Å². The maximum absolute atomic E-state index is 12.8. The second kappa shape index (κ2) is 14.2. The number of aromatic nitrogens is 4. The van der Waals surface area contributed by atoms with Crippen LogP contribution in [0.4, 0.5) is 5.95 Å². The molecular weight excluding hydrogens is 625 g/mol. The van der Waals surface area contributed by atoms with E-state index < -0.39 is 14.5 Å². The van der Waals surface area contributed by atoms with E-state index in [1.807, 2.05) is 37.1 Å². The highest BCUT2D eigenvalue weighted by atomic mass is 33.1. The fraction of sp³-hybridized carbons (Fsp3) is 0.438. The molecule has 0 bridgehead atoms. The van der Waals surface area contributed by atoms with Gasteiger partial charge in [-0.1, -0.05) is 103 Å². The van der Waals surface area contributed by atoms with Crippen LogP contribution in [-0.4, -0.2) is 83.7 Å². The van der Waals surface area contributed by atoms with E-state index in [0.717, 1.165) is 0 Å². The minimum Gasteiger partial charge on any atom is -0.405 e. The maximum atomic E-state index is 12.8. The molecule has 0 saturated carbocycles. The number of nitrogens with one attached hydrogen (secondary N) is 1. The molecule has 1 unspecified atom stereocenters. The van der Waals surface area contributed by atoms with Gasteiger partial charge >= 0.3 is 0 Å². The SMILES string of the molecule is CSS[C@H](C)OC1C[C@H](n2cnc3c(=O)[nH]c(/N=C\N(C)C)nc32)O[C@@H]1CO[Si](c1ccccc1)(c1ccccc1)C(C)(C)C. The van der Waals surface area contributed by atoms with Crippen LogP contribution in [0.15, 0.2) is 76.8 Å². The summed E-state index contributed by atoms with van der Waals surface area (Å²) in [7, 11) is 4.22. The lowest BCUT2D eigenvalue weighted by atomic mass is 10.2. The summed E-state index contributed by atoms with van der Waals surface area (Å²) in [5, 5.41) is 2.23. The number of aromatic amines is 1. The Balaban J connectivity index is 1.50. The second-order valence-corrected chi connectivity index (χ2v) is 19.3.